The van der Waals surface area contributed by atoms with Gasteiger partial charge in [0, 0.05) is 13.1 Å². The van der Waals surface area contributed by atoms with Gasteiger partial charge in [0.2, 0.25) is 0 Å². The molecule has 1 atom stereocenters. The van der Waals surface area contributed by atoms with Crippen molar-refractivity contribution in [3.05, 3.63) is 59.7 Å². The second kappa shape index (κ2) is 6.98. The molecule has 4 heteroatoms. The smallest absolute Gasteiger partial charge is 0.257 e. The third-order valence-electron chi connectivity index (χ3n) is 3.82. The zero-order valence-corrected chi connectivity index (χ0v) is 13.4. The largest absolute Gasteiger partial charge is 0.497 e. The number of carbonyl (C=O) groups excluding carboxylic acids is 1. The SMILES string of the molecule is COc1ccc(C(=O)N(C)C(C)c2ccccc2)c(OC)c1. The van der Waals surface area contributed by atoms with Gasteiger partial charge in [0.15, 0.2) is 0 Å². The van der Waals surface area contributed by atoms with Crippen molar-refractivity contribution in [1.29, 1.82) is 0 Å². The van der Waals surface area contributed by atoms with Gasteiger partial charge < -0.3 is 14.4 Å². The summed E-state index contributed by atoms with van der Waals surface area (Å²) in [5.41, 5.74) is 1.61. The number of hydrogen-bond donors (Lipinski definition) is 0. The molecule has 0 aromatic heterocycles. The molecule has 0 saturated heterocycles. The van der Waals surface area contributed by atoms with Crippen LogP contribution in [0.1, 0.15) is 28.9 Å². The minimum absolute atomic E-state index is 0.0273. The molecule has 1 unspecified atom stereocenters. The number of methoxy groups -OCH3 is 2. The van der Waals surface area contributed by atoms with Crippen LogP contribution in [-0.2, 0) is 0 Å². The number of ether oxygens (including phenoxy) is 2. The van der Waals surface area contributed by atoms with Gasteiger partial charge in [-0.3, -0.25) is 4.79 Å². The van der Waals surface area contributed by atoms with E-state index in [1.165, 1.54) is 0 Å². The summed E-state index contributed by atoms with van der Waals surface area (Å²) in [5.74, 6) is 1.08. The first-order chi connectivity index (χ1) is 10.6. The first kappa shape index (κ1) is 15.9. The zero-order chi connectivity index (χ0) is 16.1. The summed E-state index contributed by atoms with van der Waals surface area (Å²) in [6, 6.07) is 15.1. The van der Waals surface area contributed by atoms with Gasteiger partial charge in [0.25, 0.3) is 5.91 Å². The number of nitrogens with zero attached hydrogens (tertiary/aromatic N) is 1. The number of hydrogen-bond acceptors (Lipinski definition) is 3. The van der Waals surface area contributed by atoms with Gasteiger partial charge in [0.1, 0.15) is 11.5 Å². The van der Waals surface area contributed by atoms with Crippen molar-refractivity contribution >= 4 is 5.91 Å². The maximum atomic E-state index is 12.7. The molecule has 0 spiro atoms. The highest BCUT2D eigenvalue weighted by Gasteiger charge is 2.22. The predicted octanol–water partition coefficient (Wildman–Crippen LogP) is 3.54. The van der Waals surface area contributed by atoms with E-state index < -0.39 is 0 Å². The van der Waals surface area contributed by atoms with Gasteiger partial charge in [-0.25, -0.2) is 0 Å². The lowest BCUT2D eigenvalue weighted by Gasteiger charge is -2.26. The Kier molecular flexibility index (Phi) is 5.04. The van der Waals surface area contributed by atoms with E-state index in [0.29, 0.717) is 17.1 Å². The van der Waals surface area contributed by atoms with Gasteiger partial charge in [-0.05, 0) is 24.6 Å². The molecule has 0 aliphatic carbocycles. The molecule has 0 radical (unpaired) electrons. The molecule has 4 nitrogen and oxygen atoms in total. The fourth-order valence-corrected chi connectivity index (χ4v) is 2.30. The monoisotopic (exact) mass is 299 g/mol. The lowest BCUT2D eigenvalue weighted by atomic mass is 10.1. The molecule has 116 valence electrons. The van der Waals surface area contributed by atoms with E-state index in [4.69, 9.17) is 9.47 Å². The molecule has 0 bridgehead atoms. The summed E-state index contributed by atoms with van der Waals surface area (Å²) in [6.45, 7) is 2.00. The number of benzene rings is 2. The van der Waals surface area contributed by atoms with Crippen molar-refractivity contribution in [2.75, 3.05) is 21.3 Å². The summed E-state index contributed by atoms with van der Waals surface area (Å²) in [5, 5.41) is 0. The van der Waals surface area contributed by atoms with Gasteiger partial charge in [-0.15, -0.1) is 0 Å². The second-order valence-corrected chi connectivity index (χ2v) is 5.07. The van der Waals surface area contributed by atoms with Crippen molar-refractivity contribution in [2.24, 2.45) is 0 Å². The van der Waals surface area contributed by atoms with Crippen molar-refractivity contribution in [3.8, 4) is 11.5 Å². The molecule has 22 heavy (non-hydrogen) atoms. The third kappa shape index (κ3) is 3.22. The van der Waals surface area contributed by atoms with Crippen LogP contribution in [0.3, 0.4) is 0 Å². The van der Waals surface area contributed by atoms with Crippen LogP contribution < -0.4 is 9.47 Å². The third-order valence-corrected chi connectivity index (χ3v) is 3.82. The van der Waals surface area contributed by atoms with Crippen molar-refractivity contribution in [2.45, 2.75) is 13.0 Å². The van der Waals surface area contributed by atoms with Crippen LogP contribution in [0, 0.1) is 0 Å². The molecular formula is C18H21NO3. The van der Waals surface area contributed by atoms with Gasteiger partial charge in [-0.2, -0.15) is 0 Å². The van der Waals surface area contributed by atoms with E-state index >= 15 is 0 Å². The molecule has 0 fully saturated rings. The van der Waals surface area contributed by atoms with Crippen LogP contribution in [0.4, 0.5) is 0 Å². The van der Waals surface area contributed by atoms with Crippen LogP contribution in [0.15, 0.2) is 48.5 Å². The van der Waals surface area contributed by atoms with Crippen molar-refractivity contribution in [1.82, 2.24) is 4.90 Å². The molecule has 0 aliphatic heterocycles. The molecule has 0 heterocycles. The summed E-state index contributed by atoms with van der Waals surface area (Å²) in [6.07, 6.45) is 0. The van der Waals surface area contributed by atoms with Gasteiger partial charge in [-0.1, -0.05) is 30.3 Å². The van der Waals surface area contributed by atoms with Gasteiger partial charge in [0.05, 0.1) is 25.8 Å². The molecule has 2 rings (SSSR count). The van der Waals surface area contributed by atoms with E-state index in [1.807, 2.05) is 37.3 Å². The molecule has 2 aromatic rings. The maximum absolute atomic E-state index is 12.7. The summed E-state index contributed by atoms with van der Waals surface area (Å²) in [7, 11) is 4.93. The zero-order valence-electron chi connectivity index (χ0n) is 13.4. The van der Waals surface area contributed by atoms with Crippen LogP contribution >= 0.6 is 0 Å². The Labute approximate surface area is 131 Å². The first-order valence-electron chi connectivity index (χ1n) is 7.12. The maximum Gasteiger partial charge on any atom is 0.257 e. The van der Waals surface area contributed by atoms with E-state index in [9.17, 15) is 4.79 Å². The number of amides is 1. The number of rotatable bonds is 5. The Morgan fingerprint density at radius 3 is 2.32 bits per heavy atom. The average molecular weight is 299 g/mol. The highest BCUT2D eigenvalue weighted by atomic mass is 16.5. The quantitative estimate of drug-likeness (QED) is 0.847. The minimum Gasteiger partial charge on any atom is -0.497 e. The van der Waals surface area contributed by atoms with E-state index in [0.717, 1.165) is 5.56 Å². The highest BCUT2D eigenvalue weighted by Crippen LogP contribution is 2.28. The molecular weight excluding hydrogens is 278 g/mol. The molecule has 0 N–H and O–H groups in total. The van der Waals surface area contributed by atoms with Crippen LogP contribution in [0.5, 0.6) is 11.5 Å². The Balaban J connectivity index is 2.27. The number of carbonyl (C=O) groups is 1. The summed E-state index contributed by atoms with van der Waals surface area (Å²) >= 11 is 0. The van der Waals surface area contributed by atoms with Crippen LogP contribution in [0.2, 0.25) is 0 Å². The van der Waals surface area contributed by atoms with Crippen LogP contribution in [0.25, 0.3) is 0 Å². The average Bonchev–Trinajstić information content (AvgIpc) is 2.59. The van der Waals surface area contributed by atoms with E-state index in [-0.39, 0.29) is 11.9 Å². The lowest BCUT2D eigenvalue weighted by Crippen LogP contribution is -2.30. The normalized spacial score (nSPS) is 11.6. The molecule has 1 amide bonds. The molecule has 2 aromatic carbocycles. The Morgan fingerprint density at radius 1 is 1.05 bits per heavy atom. The summed E-state index contributed by atoms with van der Waals surface area (Å²) < 4.78 is 10.5. The van der Waals surface area contributed by atoms with Gasteiger partial charge >= 0.3 is 0 Å². The molecule has 0 saturated carbocycles. The fourth-order valence-electron chi connectivity index (χ4n) is 2.30. The predicted molar refractivity (Wildman–Crippen MR) is 86.5 cm³/mol. The fraction of sp³-hybridized carbons (Fsp3) is 0.278. The first-order valence-corrected chi connectivity index (χ1v) is 7.12. The molecule has 0 aliphatic rings. The summed E-state index contributed by atoms with van der Waals surface area (Å²) in [4.78, 5) is 14.5. The van der Waals surface area contributed by atoms with E-state index in [1.54, 1.807) is 44.4 Å². The van der Waals surface area contributed by atoms with E-state index in [2.05, 4.69) is 0 Å². The topological polar surface area (TPSA) is 38.8 Å². The Morgan fingerprint density at radius 2 is 1.73 bits per heavy atom. The van der Waals surface area contributed by atoms with Crippen molar-refractivity contribution < 1.29 is 14.3 Å². The lowest BCUT2D eigenvalue weighted by molar-refractivity contribution is 0.0739. The van der Waals surface area contributed by atoms with Crippen LogP contribution in [-0.4, -0.2) is 32.1 Å². The second-order valence-electron chi connectivity index (χ2n) is 5.07. The standard InChI is InChI=1S/C18H21NO3/c1-13(14-8-6-5-7-9-14)19(2)18(20)16-11-10-15(21-3)12-17(16)22-4/h5-13H,1-4H3. The minimum atomic E-state index is -0.0872. The highest BCUT2D eigenvalue weighted by molar-refractivity contribution is 5.97. The Bertz CT molecular complexity index is 640. The Hall–Kier alpha value is -2.49. The van der Waals surface area contributed by atoms with Crippen molar-refractivity contribution in [3.63, 3.8) is 0 Å².